The lowest BCUT2D eigenvalue weighted by atomic mass is 10.2. The van der Waals surface area contributed by atoms with Crippen molar-refractivity contribution < 1.29 is 4.79 Å². The van der Waals surface area contributed by atoms with Crippen LogP contribution in [0.15, 0.2) is 18.2 Å². The Kier molecular flexibility index (Phi) is 5.67. The quantitative estimate of drug-likeness (QED) is 0.288. The summed E-state index contributed by atoms with van der Waals surface area (Å²) in [6.07, 6.45) is 0. The number of rotatable bonds is 1. The van der Waals surface area contributed by atoms with Crippen LogP contribution in [0.2, 0.25) is 5.02 Å². The van der Waals surface area contributed by atoms with E-state index in [1.54, 1.807) is 18.2 Å². The van der Waals surface area contributed by atoms with E-state index in [-0.39, 0.29) is 10.6 Å². The molecule has 0 aliphatic carbocycles. The molecule has 0 saturated carbocycles. The smallest absolute Gasteiger partial charge is 0.268 e. The number of anilines is 1. The van der Waals surface area contributed by atoms with E-state index in [1.165, 1.54) is 0 Å². The zero-order valence-corrected chi connectivity index (χ0v) is 8.93. The third-order valence-corrected chi connectivity index (χ3v) is 1.72. The molecule has 0 unspecified atom stereocenters. The highest BCUT2D eigenvalue weighted by atomic mass is 35.5. The van der Waals surface area contributed by atoms with Gasteiger partial charge >= 0.3 is 0 Å². The maximum Gasteiger partial charge on any atom is 0.268 e. The van der Waals surface area contributed by atoms with Crippen LogP contribution in [0.4, 0.5) is 5.69 Å². The van der Waals surface area contributed by atoms with Crippen LogP contribution in [0.25, 0.3) is 0 Å². The van der Waals surface area contributed by atoms with Crippen LogP contribution in [0.3, 0.4) is 0 Å². The number of nitrogens with two attached hydrogens (primary N) is 2. The molecule has 78 valence electrons. The van der Waals surface area contributed by atoms with Crippen molar-refractivity contribution in [3.63, 3.8) is 0 Å². The fraction of sp³-hybridized carbons (Fsp3) is 0.222. The molecule has 0 spiro atoms. The van der Waals surface area contributed by atoms with Gasteiger partial charge in [-0.05, 0) is 12.1 Å². The number of hydrogen-bond donors (Lipinski definition) is 3. The predicted octanol–water partition coefficient (Wildman–Crippen LogP) is 1.55. The highest BCUT2D eigenvalue weighted by molar-refractivity contribution is 6.34. The number of halogens is 1. The molecule has 0 aromatic heterocycles. The minimum absolute atomic E-state index is 0.210. The Morgan fingerprint density at radius 1 is 1.43 bits per heavy atom. The van der Waals surface area contributed by atoms with Crippen molar-refractivity contribution in [2.75, 3.05) is 5.73 Å². The Balaban J connectivity index is 0.000000791. The summed E-state index contributed by atoms with van der Waals surface area (Å²) in [5, 5.41) is 0.290. The number of carbonyl (C=O) groups excluding carboxylic acids is 1. The van der Waals surface area contributed by atoms with Crippen molar-refractivity contribution in [2.24, 2.45) is 5.84 Å². The second kappa shape index (κ2) is 6.23. The van der Waals surface area contributed by atoms with Gasteiger partial charge in [-0.1, -0.05) is 31.5 Å². The standard InChI is InChI=1S/C7H8ClN3O.C2H6/c8-4-2-1-3-5(9)6(4)7(12)11-10;1-2/h1-3H,9-10H2,(H,11,12);1-2H3. The van der Waals surface area contributed by atoms with Crippen LogP contribution in [0, 0.1) is 0 Å². The highest BCUT2D eigenvalue weighted by Gasteiger charge is 2.11. The SMILES string of the molecule is CC.NNC(=O)c1c(N)cccc1Cl. The molecule has 1 aromatic carbocycles. The van der Waals surface area contributed by atoms with Crippen LogP contribution in [-0.4, -0.2) is 5.91 Å². The summed E-state index contributed by atoms with van der Waals surface area (Å²) in [6, 6.07) is 4.81. The van der Waals surface area contributed by atoms with E-state index in [0.717, 1.165) is 0 Å². The second-order valence-corrected chi connectivity index (χ2v) is 2.58. The molecular formula is C9H14ClN3O. The highest BCUT2D eigenvalue weighted by Crippen LogP contribution is 2.21. The number of nitrogens with one attached hydrogen (secondary N) is 1. The molecule has 5 heteroatoms. The van der Waals surface area contributed by atoms with Crippen LogP contribution >= 0.6 is 11.6 Å². The van der Waals surface area contributed by atoms with E-state index in [0.29, 0.717) is 5.69 Å². The van der Waals surface area contributed by atoms with Gasteiger partial charge in [0, 0.05) is 5.69 Å². The van der Waals surface area contributed by atoms with Crippen molar-refractivity contribution in [3.8, 4) is 0 Å². The van der Waals surface area contributed by atoms with Gasteiger partial charge in [0.2, 0.25) is 0 Å². The molecule has 1 aromatic rings. The van der Waals surface area contributed by atoms with Gasteiger partial charge in [0.05, 0.1) is 10.6 Å². The van der Waals surface area contributed by atoms with E-state index >= 15 is 0 Å². The summed E-state index contributed by atoms with van der Waals surface area (Å²) in [6.45, 7) is 4.00. The fourth-order valence-corrected chi connectivity index (χ4v) is 1.12. The molecule has 5 N–H and O–H groups in total. The molecule has 4 nitrogen and oxygen atoms in total. The first kappa shape index (κ1) is 12.7. The average molecular weight is 216 g/mol. The molecule has 0 aliphatic rings. The summed E-state index contributed by atoms with van der Waals surface area (Å²) in [5.74, 6) is 4.44. The molecule has 0 saturated heterocycles. The monoisotopic (exact) mass is 215 g/mol. The van der Waals surface area contributed by atoms with Crippen molar-refractivity contribution in [3.05, 3.63) is 28.8 Å². The van der Waals surface area contributed by atoms with E-state index < -0.39 is 5.91 Å². The molecule has 0 fully saturated rings. The van der Waals surface area contributed by atoms with E-state index in [9.17, 15) is 4.79 Å². The molecule has 14 heavy (non-hydrogen) atoms. The summed E-state index contributed by atoms with van der Waals surface area (Å²) in [7, 11) is 0. The van der Waals surface area contributed by atoms with Crippen molar-refractivity contribution >= 4 is 23.2 Å². The van der Waals surface area contributed by atoms with Gasteiger partial charge in [-0.2, -0.15) is 0 Å². The third kappa shape index (κ3) is 2.90. The van der Waals surface area contributed by atoms with Crippen LogP contribution < -0.4 is 17.0 Å². The van der Waals surface area contributed by atoms with Crippen LogP contribution in [-0.2, 0) is 0 Å². The van der Waals surface area contributed by atoms with Crippen molar-refractivity contribution in [1.29, 1.82) is 0 Å². The van der Waals surface area contributed by atoms with Crippen LogP contribution in [0.5, 0.6) is 0 Å². The molecule has 0 radical (unpaired) electrons. The van der Waals surface area contributed by atoms with Gasteiger partial charge in [0.25, 0.3) is 5.91 Å². The summed E-state index contributed by atoms with van der Waals surface area (Å²) >= 11 is 5.71. The minimum Gasteiger partial charge on any atom is -0.398 e. The van der Waals surface area contributed by atoms with Crippen LogP contribution in [0.1, 0.15) is 24.2 Å². The van der Waals surface area contributed by atoms with E-state index in [4.69, 9.17) is 23.2 Å². The maximum atomic E-state index is 11.1. The third-order valence-electron chi connectivity index (χ3n) is 1.40. The number of amides is 1. The Morgan fingerprint density at radius 2 is 2.00 bits per heavy atom. The van der Waals surface area contributed by atoms with Gasteiger partial charge in [-0.3, -0.25) is 10.2 Å². The molecule has 0 atom stereocenters. The Labute approximate surface area is 88.2 Å². The first-order chi connectivity index (χ1) is 6.66. The molecule has 0 aliphatic heterocycles. The molecule has 1 amide bonds. The zero-order valence-electron chi connectivity index (χ0n) is 8.17. The van der Waals surface area contributed by atoms with Crippen molar-refractivity contribution in [1.82, 2.24) is 5.43 Å². The number of nitrogen functional groups attached to an aromatic ring is 2. The van der Waals surface area contributed by atoms with E-state index in [1.807, 2.05) is 19.3 Å². The first-order valence-electron chi connectivity index (χ1n) is 4.21. The number of benzene rings is 1. The number of hydrogen-bond acceptors (Lipinski definition) is 3. The number of hydrazine groups is 1. The van der Waals surface area contributed by atoms with Gasteiger partial charge in [-0.25, -0.2) is 5.84 Å². The summed E-state index contributed by atoms with van der Waals surface area (Å²) in [4.78, 5) is 11.1. The molecule has 0 bridgehead atoms. The summed E-state index contributed by atoms with van der Waals surface area (Å²) in [5.41, 5.74) is 7.98. The Morgan fingerprint density at radius 3 is 2.43 bits per heavy atom. The van der Waals surface area contributed by atoms with Gasteiger partial charge < -0.3 is 5.73 Å². The second-order valence-electron chi connectivity index (χ2n) is 2.18. The average Bonchev–Trinajstić information content (AvgIpc) is 2.20. The summed E-state index contributed by atoms with van der Waals surface area (Å²) < 4.78 is 0. The maximum absolute atomic E-state index is 11.1. The van der Waals surface area contributed by atoms with Gasteiger partial charge in [-0.15, -0.1) is 0 Å². The zero-order chi connectivity index (χ0) is 11.1. The predicted molar refractivity (Wildman–Crippen MR) is 58.9 cm³/mol. The number of carbonyl (C=O) groups is 1. The van der Waals surface area contributed by atoms with E-state index in [2.05, 4.69) is 0 Å². The normalized spacial score (nSPS) is 8.57. The Bertz CT molecular complexity index is 295. The lowest BCUT2D eigenvalue weighted by molar-refractivity contribution is 0.0954. The minimum atomic E-state index is -0.488. The molecular weight excluding hydrogens is 202 g/mol. The Hall–Kier alpha value is -1.26. The van der Waals surface area contributed by atoms with Gasteiger partial charge in [0.1, 0.15) is 0 Å². The van der Waals surface area contributed by atoms with Gasteiger partial charge in [0.15, 0.2) is 0 Å². The topological polar surface area (TPSA) is 81.1 Å². The molecule has 1 rings (SSSR count). The molecule has 0 heterocycles. The lowest BCUT2D eigenvalue weighted by Crippen LogP contribution is -2.30. The fourth-order valence-electron chi connectivity index (χ4n) is 0.853. The largest absolute Gasteiger partial charge is 0.398 e. The first-order valence-corrected chi connectivity index (χ1v) is 4.59. The van der Waals surface area contributed by atoms with Crippen molar-refractivity contribution in [2.45, 2.75) is 13.8 Å². The lowest BCUT2D eigenvalue weighted by Gasteiger charge is -2.04.